The highest BCUT2D eigenvalue weighted by atomic mass is 16.1. The van der Waals surface area contributed by atoms with E-state index in [-0.39, 0.29) is 0 Å². The molecule has 1 amide bonds. The molecule has 0 radical (unpaired) electrons. The van der Waals surface area contributed by atoms with Crippen LogP contribution in [-0.2, 0) is 11.3 Å². The maximum absolute atomic E-state index is 11.9. The van der Waals surface area contributed by atoms with E-state index in [1.807, 2.05) is 64.0 Å². The summed E-state index contributed by atoms with van der Waals surface area (Å²) in [6.45, 7) is 2.46. The summed E-state index contributed by atoms with van der Waals surface area (Å²) in [6.07, 6.45) is 5.38. The average Bonchev–Trinajstić information content (AvgIpc) is 3.38. The molecule has 4 rings (SSSR count). The number of aromatic nitrogens is 4. The van der Waals surface area contributed by atoms with Gasteiger partial charge in [0, 0.05) is 23.5 Å². The second kappa shape index (κ2) is 7.52. The van der Waals surface area contributed by atoms with Gasteiger partial charge < -0.3 is 10.3 Å². The normalized spacial score (nSPS) is 12.0. The Hall–Kier alpha value is -3.67. The molecule has 2 heterocycles. The monoisotopic (exact) mass is 371 g/mol. The van der Waals surface area contributed by atoms with Crippen molar-refractivity contribution < 1.29 is 4.79 Å². The lowest BCUT2D eigenvalue weighted by molar-refractivity contribution is -0.120. The first-order valence-electron chi connectivity index (χ1n) is 9.12. The maximum Gasteiger partial charge on any atom is 0.240 e. The van der Waals surface area contributed by atoms with Gasteiger partial charge in [0.1, 0.15) is 6.04 Å². The van der Waals surface area contributed by atoms with Crippen LogP contribution in [0.2, 0.25) is 0 Å². The van der Waals surface area contributed by atoms with Crippen molar-refractivity contribution in [2.75, 3.05) is 0 Å². The molecule has 0 bridgehead atoms. The summed E-state index contributed by atoms with van der Waals surface area (Å²) in [5.74, 6) is -0.397. The minimum atomic E-state index is -0.505. The number of benzene rings is 2. The standard InChI is InChI=1S/C22H21N5O/c1-16(22(23)28)27-15-24-20(18-8-3-2-4-9-18)21(27)19-10-5-7-17(13-19)14-26-12-6-11-25-26/h2-13,15-16H,14H2,1H3,(H2,23,28)/t16-/m1/s1. The molecule has 28 heavy (non-hydrogen) atoms. The van der Waals surface area contributed by atoms with E-state index >= 15 is 0 Å². The number of hydrogen-bond acceptors (Lipinski definition) is 3. The minimum Gasteiger partial charge on any atom is -0.368 e. The van der Waals surface area contributed by atoms with Gasteiger partial charge in [0.2, 0.25) is 5.91 Å². The number of hydrogen-bond donors (Lipinski definition) is 1. The van der Waals surface area contributed by atoms with E-state index in [1.165, 1.54) is 0 Å². The Morgan fingerprint density at radius 1 is 1.07 bits per heavy atom. The largest absolute Gasteiger partial charge is 0.368 e. The van der Waals surface area contributed by atoms with Crippen LogP contribution >= 0.6 is 0 Å². The molecule has 2 N–H and O–H groups in total. The molecule has 0 spiro atoms. The van der Waals surface area contributed by atoms with Crippen molar-refractivity contribution in [3.8, 4) is 22.5 Å². The Balaban J connectivity index is 1.83. The second-order valence-corrected chi connectivity index (χ2v) is 6.70. The van der Waals surface area contributed by atoms with Gasteiger partial charge in [0.05, 0.1) is 24.3 Å². The summed E-state index contributed by atoms with van der Waals surface area (Å²) in [4.78, 5) is 16.5. The van der Waals surface area contributed by atoms with Crippen LogP contribution in [0.15, 0.2) is 79.4 Å². The van der Waals surface area contributed by atoms with Crippen LogP contribution in [0.4, 0.5) is 0 Å². The van der Waals surface area contributed by atoms with Gasteiger partial charge in [0.15, 0.2) is 0 Å². The summed E-state index contributed by atoms with van der Waals surface area (Å²) in [6, 6.07) is 19.5. The van der Waals surface area contributed by atoms with E-state index in [4.69, 9.17) is 5.73 Å². The number of primary amides is 1. The first kappa shape index (κ1) is 17.7. The lowest BCUT2D eigenvalue weighted by atomic mass is 10.0. The maximum atomic E-state index is 11.9. The summed E-state index contributed by atoms with van der Waals surface area (Å²) >= 11 is 0. The van der Waals surface area contributed by atoms with Gasteiger partial charge in [-0.2, -0.15) is 5.10 Å². The zero-order chi connectivity index (χ0) is 19.5. The SMILES string of the molecule is C[C@H](C(N)=O)n1cnc(-c2ccccc2)c1-c1cccc(Cn2cccn2)c1. The molecule has 6 heteroatoms. The quantitative estimate of drug-likeness (QED) is 0.563. The molecule has 0 fully saturated rings. The van der Waals surface area contributed by atoms with Gasteiger partial charge in [-0.25, -0.2) is 4.98 Å². The fraction of sp³-hybridized carbons (Fsp3) is 0.136. The Bertz CT molecular complexity index is 1080. The Kier molecular flexibility index (Phi) is 4.76. The summed E-state index contributed by atoms with van der Waals surface area (Å²) in [5, 5.41) is 4.28. The number of imidazole rings is 1. The van der Waals surface area contributed by atoms with Gasteiger partial charge >= 0.3 is 0 Å². The zero-order valence-corrected chi connectivity index (χ0v) is 15.6. The van der Waals surface area contributed by atoms with Crippen LogP contribution in [0.5, 0.6) is 0 Å². The predicted molar refractivity (Wildman–Crippen MR) is 108 cm³/mol. The molecular weight excluding hydrogens is 350 g/mol. The van der Waals surface area contributed by atoms with E-state index in [2.05, 4.69) is 22.2 Å². The van der Waals surface area contributed by atoms with Crippen LogP contribution < -0.4 is 5.73 Å². The molecule has 4 aromatic rings. The predicted octanol–water partition coefficient (Wildman–Crippen LogP) is 3.51. The fourth-order valence-electron chi connectivity index (χ4n) is 3.28. The Labute approximate surface area is 163 Å². The van der Waals surface area contributed by atoms with Gasteiger partial charge in [-0.05, 0) is 24.6 Å². The third-order valence-electron chi connectivity index (χ3n) is 4.77. The van der Waals surface area contributed by atoms with Gasteiger partial charge in [-0.15, -0.1) is 0 Å². The molecular formula is C22H21N5O. The van der Waals surface area contributed by atoms with Crippen LogP contribution in [0.3, 0.4) is 0 Å². The number of amides is 1. The molecule has 0 saturated heterocycles. The average molecular weight is 371 g/mol. The van der Waals surface area contributed by atoms with Gasteiger partial charge in [-0.3, -0.25) is 9.48 Å². The number of carbonyl (C=O) groups is 1. The molecule has 0 unspecified atom stereocenters. The highest BCUT2D eigenvalue weighted by molar-refractivity contribution is 5.83. The van der Waals surface area contributed by atoms with E-state index in [0.717, 1.165) is 28.1 Å². The third-order valence-corrected chi connectivity index (χ3v) is 4.77. The van der Waals surface area contributed by atoms with Crippen LogP contribution in [0.1, 0.15) is 18.5 Å². The summed E-state index contributed by atoms with van der Waals surface area (Å²) in [5.41, 5.74) is 10.4. The number of nitrogens with two attached hydrogens (primary N) is 1. The van der Waals surface area contributed by atoms with E-state index in [1.54, 1.807) is 19.4 Å². The minimum absolute atomic E-state index is 0.397. The van der Waals surface area contributed by atoms with E-state index < -0.39 is 11.9 Å². The molecule has 2 aromatic carbocycles. The third kappa shape index (κ3) is 3.44. The molecule has 0 aliphatic rings. The van der Waals surface area contributed by atoms with Crippen molar-refractivity contribution in [2.45, 2.75) is 19.5 Å². The van der Waals surface area contributed by atoms with Gasteiger partial charge in [-0.1, -0.05) is 48.5 Å². The molecule has 6 nitrogen and oxygen atoms in total. The van der Waals surface area contributed by atoms with Gasteiger partial charge in [0.25, 0.3) is 0 Å². The van der Waals surface area contributed by atoms with Crippen molar-refractivity contribution in [1.82, 2.24) is 19.3 Å². The molecule has 0 aliphatic carbocycles. The Morgan fingerprint density at radius 3 is 2.57 bits per heavy atom. The van der Waals surface area contributed by atoms with Crippen molar-refractivity contribution in [1.29, 1.82) is 0 Å². The van der Waals surface area contributed by atoms with Crippen LogP contribution in [0, 0.1) is 0 Å². The molecule has 0 saturated carbocycles. The van der Waals surface area contributed by atoms with Crippen molar-refractivity contribution in [3.05, 3.63) is 84.9 Å². The number of nitrogens with zero attached hydrogens (tertiary/aromatic N) is 4. The smallest absolute Gasteiger partial charge is 0.240 e. The lowest BCUT2D eigenvalue weighted by Crippen LogP contribution is -2.24. The first-order chi connectivity index (χ1) is 13.6. The second-order valence-electron chi connectivity index (χ2n) is 6.70. The van der Waals surface area contributed by atoms with E-state index in [0.29, 0.717) is 6.54 Å². The molecule has 2 aromatic heterocycles. The zero-order valence-electron chi connectivity index (χ0n) is 15.6. The highest BCUT2D eigenvalue weighted by Gasteiger charge is 2.21. The molecule has 1 atom stereocenters. The summed E-state index contributed by atoms with van der Waals surface area (Å²) in [7, 11) is 0. The van der Waals surface area contributed by atoms with Crippen molar-refractivity contribution in [2.24, 2.45) is 5.73 Å². The number of rotatable bonds is 6. The molecule has 0 aliphatic heterocycles. The first-order valence-corrected chi connectivity index (χ1v) is 9.12. The topological polar surface area (TPSA) is 78.7 Å². The summed E-state index contributed by atoms with van der Waals surface area (Å²) < 4.78 is 3.72. The van der Waals surface area contributed by atoms with Crippen LogP contribution in [-0.4, -0.2) is 25.2 Å². The lowest BCUT2D eigenvalue weighted by Gasteiger charge is -2.16. The molecule has 140 valence electrons. The Morgan fingerprint density at radius 2 is 1.86 bits per heavy atom. The van der Waals surface area contributed by atoms with Crippen LogP contribution in [0.25, 0.3) is 22.5 Å². The number of carbonyl (C=O) groups excluding carboxylic acids is 1. The van der Waals surface area contributed by atoms with Crippen molar-refractivity contribution >= 4 is 5.91 Å². The fourth-order valence-corrected chi connectivity index (χ4v) is 3.28. The van der Waals surface area contributed by atoms with Crippen molar-refractivity contribution in [3.63, 3.8) is 0 Å². The highest BCUT2D eigenvalue weighted by Crippen LogP contribution is 2.33. The van der Waals surface area contributed by atoms with E-state index in [9.17, 15) is 4.79 Å².